The monoisotopic (exact) mass is 311 g/mol. The van der Waals surface area contributed by atoms with E-state index in [1.807, 2.05) is 30.3 Å². The zero-order valence-electron chi connectivity index (χ0n) is 11.4. The highest BCUT2D eigenvalue weighted by atomic mass is 32.2. The van der Waals surface area contributed by atoms with Crippen LogP contribution in [0.15, 0.2) is 30.3 Å². The first kappa shape index (κ1) is 15.3. The number of hydrogen-bond donors (Lipinski definition) is 1. The van der Waals surface area contributed by atoms with Gasteiger partial charge in [0.1, 0.15) is 4.32 Å². The second-order valence-electron chi connectivity index (χ2n) is 4.68. The normalized spacial score (nSPS) is 25.9. The molecule has 0 radical (unpaired) electrons. The van der Waals surface area contributed by atoms with Crippen molar-refractivity contribution in [2.75, 3.05) is 6.61 Å². The Hall–Kier alpha value is -1.11. The van der Waals surface area contributed by atoms with E-state index in [1.54, 1.807) is 18.7 Å². The summed E-state index contributed by atoms with van der Waals surface area (Å²) in [6.07, 6.45) is 0. The van der Waals surface area contributed by atoms with Crippen LogP contribution in [0, 0.1) is 0 Å². The van der Waals surface area contributed by atoms with Crippen molar-refractivity contribution in [1.82, 2.24) is 4.90 Å². The van der Waals surface area contributed by atoms with Crippen LogP contribution in [0.5, 0.6) is 0 Å². The number of carbonyl (C=O) groups is 1. The number of benzene rings is 1. The quantitative estimate of drug-likeness (QED) is 0.679. The van der Waals surface area contributed by atoms with Crippen LogP contribution in [0.25, 0.3) is 0 Å². The summed E-state index contributed by atoms with van der Waals surface area (Å²) < 4.78 is 5.51. The SMILES string of the molecule is CCOC(=O)C1SC(=S)N(Cc2ccccc2)C1(C)O. The van der Waals surface area contributed by atoms with Gasteiger partial charge in [0.05, 0.1) is 6.61 Å². The largest absolute Gasteiger partial charge is 0.465 e. The van der Waals surface area contributed by atoms with E-state index in [9.17, 15) is 9.90 Å². The molecule has 2 atom stereocenters. The van der Waals surface area contributed by atoms with Gasteiger partial charge >= 0.3 is 5.97 Å². The van der Waals surface area contributed by atoms with E-state index >= 15 is 0 Å². The average molecular weight is 311 g/mol. The number of rotatable bonds is 4. The smallest absolute Gasteiger partial charge is 0.324 e. The molecule has 2 unspecified atom stereocenters. The lowest BCUT2D eigenvalue weighted by atomic mass is 10.1. The molecule has 1 fully saturated rings. The minimum Gasteiger partial charge on any atom is -0.465 e. The second-order valence-corrected chi connectivity index (χ2v) is 6.42. The Bertz CT molecular complexity index is 504. The fourth-order valence-corrected chi connectivity index (χ4v) is 3.71. The van der Waals surface area contributed by atoms with Crippen LogP contribution in [0.4, 0.5) is 0 Å². The molecule has 0 aliphatic carbocycles. The summed E-state index contributed by atoms with van der Waals surface area (Å²) in [7, 11) is 0. The Kier molecular flexibility index (Phi) is 4.67. The molecule has 1 aromatic carbocycles. The van der Waals surface area contributed by atoms with E-state index < -0.39 is 16.9 Å². The van der Waals surface area contributed by atoms with Gasteiger partial charge in [-0.1, -0.05) is 54.3 Å². The molecule has 20 heavy (non-hydrogen) atoms. The van der Waals surface area contributed by atoms with Crippen LogP contribution in [0.3, 0.4) is 0 Å². The third kappa shape index (κ3) is 2.97. The minimum atomic E-state index is -1.34. The van der Waals surface area contributed by atoms with Crippen molar-refractivity contribution in [2.45, 2.75) is 31.4 Å². The van der Waals surface area contributed by atoms with Gasteiger partial charge in [0, 0.05) is 6.54 Å². The number of esters is 1. The topological polar surface area (TPSA) is 49.8 Å². The van der Waals surface area contributed by atoms with Crippen molar-refractivity contribution in [3.05, 3.63) is 35.9 Å². The third-order valence-corrected chi connectivity index (χ3v) is 4.97. The van der Waals surface area contributed by atoms with Crippen LogP contribution < -0.4 is 0 Å². The molecule has 0 spiro atoms. The lowest BCUT2D eigenvalue weighted by Crippen LogP contribution is -2.50. The van der Waals surface area contributed by atoms with Crippen LogP contribution >= 0.6 is 24.0 Å². The van der Waals surface area contributed by atoms with E-state index in [1.165, 1.54) is 11.8 Å². The molecule has 1 aliphatic heterocycles. The highest BCUT2D eigenvalue weighted by Crippen LogP contribution is 2.40. The van der Waals surface area contributed by atoms with E-state index in [-0.39, 0.29) is 6.61 Å². The van der Waals surface area contributed by atoms with Gasteiger partial charge in [-0.15, -0.1) is 0 Å². The first-order valence-electron chi connectivity index (χ1n) is 6.38. The lowest BCUT2D eigenvalue weighted by molar-refractivity contribution is -0.151. The number of carbonyl (C=O) groups excluding carboxylic acids is 1. The lowest BCUT2D eigenvalue weighted by Gasteiger charge is -2.33. The fourth-order valence-electron chi connectivity index (χ4n) is 2.08. The molecule has 108 valence electrons. The summed E-state index contributed by atoms with van der Waals surface area (Å²) >= 11 is 6.47. The van der Waals surface area contributed by atoms with Crippen molar-refractivity contribution in [1.29, 1.82) is 0 Å². The first-order chi connectivity index (χ1) is 9.46. The Morgan fingerprint density at radius 2 is 2.15 bits per heavy atom. The summed E-state index contributed by atoms with van der Waals surface area (Å²) in [5.41, 5.74) is -0.315. The molecule has 0 saturated carbocycles. The Labute approximate surface area is 128 Å². The fraction of sp³-hybridized carbons (Fsp3) is 0.429. The summed E-state index contributed by atoms with van der Waals surface area (Å²) in [4.78, 5) is 13.6. The number of thiocarbonyl (C=S) groups is 1. The van der Waals surface area contributed by atoms with E-state index in [2.05, 4.69) is 0 Å². The highest BCUT2D eigenvalue weighted by molar-refractivity contribution is 8.24. The zero-order chi connectivity index (χ0) is 14.8. The second kappa shape index (κ2) is 6.11. The minimum absolute atomic E-state index is 0.289. The summed E-state index contributed by atoms with van der Waals surface area (Å²) in [5, 5.41) is 9.95. The Morgan fingerprint density at radius 1 is 1.50 bits per heavy atom. The number of thioether (sulfide) groups is 1. The zero-order valence-corrected chi connectivity index (χ0v) is 13.0. The van der Waals surface area contributed by atoms with Gasteiger partial charge in [-0.2, -0.15) is 0 Å². The third-order valence-electron chi connectivity index (χ3n) is 3.17. The maximum atomic E-state index is 11.9. The first-order valence-corrected chi connectivity index (χ1v) is 7.66. The molecule has 0 bridgehead atoms. The van der Waals surface area contributed by atoms with Crippen LogP contribution in [0.2, 0.25) is 0 Å². The van der Waals surface area contributed by atoms with Gasteiger partial charge in [-0.05, 0) is 19.4 Å². The van der Waals surface area contributed by atoms with Gasteiger partial charge in [0.15, 0.2) is 11.0 Å². The van der Waals surface area contributed by atoms with E-state index in [0.29, 0.717) is 10.9 Å². The number of nitrogens with zero attached hydrogens (tertiary/aromatic N) is 1. The van der Waals surface area contributed by atoms with Gasteiger partial charge < -0.3 is 14.7 Å². The van der Waals surface area contributed by atoms with Gasteiger partial charge in [0.25, 0.3) is 0 Å². The summed E-state index contributed by atoms with van der Waals surface area (Å²) in [5.74, 6) is -0.430. The molecule has 0 aromatic heterocycles. The Morgan fingerprint density at radius 3 is 2.75 bits per heavy atom. The molecule has 6 heteroatoms. The average Bonchev–Trinajstić information content (AvgIpc) is 2.64. The van der Waals surface area contributed by atoms with Gasteiger partial charge in [0.2, 0.25) is 0 Å². The Balaban J connectivity index is 2.18. The molecule has 1 aliphatic rings. The van der Waals surface area contributed by atoms with Gasteiger partial charge in [-0.3, -0.25) is 4.79 Å². The standard InChI is InChI=1S/C14H17NO3S2/c1-3-18-12(16)11-14(2,17)15(13(19)20-11)9-10-7-5-4-6-8-10/h4-8,11,17H,3,9H2,1-2H3. The molecule has 1 N–H and O–H groups in total. The van der Waals surface area contributed by atoms with E-state index in [0.717, 1.165) is 5.56 Å². The molecule has 1 heterocycles. The highest BCUT2D eigenvalue weighted by Gasteiger charge is 2.51. The molecule has 4 nitrogen and oxygen atoms in total. The van der Waals surface area contributed by atoms with Gasteiger partial charge in [-0.25, -0.2) is 0 Å². The molecular weight excluding hydrogens is 294 g/mol. The molecular formula is C14H17NO3S2. The number of hydrogen-bond acceptors (Lipinski definition) is 5. The van der Waals surface area contributed by atoms with E-state index in [4.69, 9.17) is 17.0 Å². The predicted octanol–water partition coefficient (Wildman–Crippen LogP) is 2.16. The summed E-state index contributed by atoms with van der Waals surface area (Å²) in [6.45, 7) is 4.10. The number of aliphatic hydroxyl groups is 1. The van der Waals surface area contributed by atoms with Crippen LogP contribution in [0.1, 0.15) is 19.4 Å². The predicted molar refractivity (Wildman–Crippen MR) is 83.2 cm³/mol. The van der Waals surface area contributed by atoms with Crippen molar-refractivity contribution < 1.29 is 14.6 Å². The van der Waals surface area contributed by atoms with Crippen LogP contribution in [-0.2, 0) is 16.1 Å². The van der Waals surface area contributed by atoms with Crippen molar-refractivity contribution >= 4 is 34.3 Å². The maximum Gasteiger partial charge on any atom is 0.324 e. The molecule has 2 rings (SSSR count). The van der Waals surface area contributed by atoms with Crippen molar-refractivity contribution in [3.63, 3.8) is 0 Å². The van der Waals surface area contributed by atoms with Crippen molar-refractivity contribution in [3.8, 4) is 0 Å². The van der Waals surface area contributed by atoms with Crippen molar-refractivity contribution in [2.24, 2.45) is 0 Å². The molecule has 1 aromatic rings. The van der Waals surface area contributed by atoms with Crippen LogP contribution in [-0.4, -0.2) is 37.9 Å². The maximum absolute atomic E-state index is 11.9. The summed E-state index contributed by atoms with van der Waals surface area (Å²) in [6, 6.07) is 9.71. The molecule has 1 saturated heterocycles. The molecule has 0 amide bonds. The number of ether oxygens (including phenoxy) is 1.